The van der Waals surface area contributed by atoms with Crippen LogP contribution in [-0.2, 0) is 26.5 Å². The van der Waals surface area contributed by atoms with Crippen molar-refractivity contribution in [2.45, 2.75) is 31.8 Å². The van der Waals surface area contributed by atoms with E-state index in [1.54, 1.807) is 13.1 Å². The third kappa shape index (κ3) is 4.82. The normalized spacial score (nSPS) is 15.7. The van der Waals surface area contributed by atoms with Gasteiger partial charge in [-0.2, -0.15) is 4.31 Å². The first-order chi connectivity index (χ1) is 16.6. The molecule has 3 heterocycles. The lowest BCUT2D eigenvalue weighted by Gasteiger charge is -2.25. The number of benzene rings is 1. The Bertz CT molecular complexity index is 1350. The number of esters is 1. The quantitative estimate of drug-likeness (QED) is 0.366. The Balaban J connectivity index is 1.52. The second-order valence-electron chi connectivity index (χ2n) is 8.56. The minimum absolute atomic E-state index is 0.000707. The zero-order valence-corrected chi connectivity index (χ0v) is 21.0. The van der Waals surface area contributed by atoms with Gasteiger partial charge in [0, 0.05) is 49.0 Å². The van der Waals surface area contributed by atoms with E-state index in [0.29, 0.717) is 18.8 Å². The van der Waals surface area contributed by atoms with Crippen molar-refractivity contribution in [2.75, 3.05) is 26.3 Å². The molecule has 0 aliphatic carbocycles. The maximum atomic E-state index is 13.2. The summed E-state index contributed by atoms with van der Waals surface area (Å²) >= 11 is 0. The maximum absolute atomic E-state index is 13.2. The van der Waals surface area contributed by atoms with Crippen molar-refractivity contribution in [1.29, 1.82) is 0 Å². The molecule has 1 atom stereocenters. The molecule has 0 radical (unpaired) electrons. The Hall–Kier alpha value is -3.21. The molecule has 3 aromatic rings. The molecule has 1 aliphatic rings. The van der Waals surface area contributed by atoms with E-state index in [0.717, 1.165) is 17.1 Å². The van der Waals surface area contributed by atoms with Crippen LogP contribution in [-0.4, -0.2) is 66.0 Å². The number of aromatic nitrogens is 2. The van der Waals surface area contributed by atoms with E-state index in [-0.39, 0.29) is 29.5 Å². The van der Waals surface area contributed by atoms with Crippen LogP contribution in [0.5, 0.6) is 0 Å². The summed E-state index contributed by atoms with van der Waals surface area (Å²) in [5.41, 5.74) is 3.08. The van der Waals surface area contributed by atoms with Crippen LogP contribution in [0.3, 0.4) is 0 Å². The summed E-state index contributed by atoms with van der Waals surface area (Å²) < 4.78 is 41.2. The highest BCUT2D eigenvalue weighted by Gasteiger charge is 2.30. The van der Waals surface area contributed by atoms with E-state index in [9.17, 15) is 18.0 Å². The number of hydrogen-bond acceptors (Lipinski definition) is 6. The number of ether oxygens (including phenoxy) is 2. The molecule has 0 saturated carbocycles. The number of carbonyl (C=O) groups excluding carboxylic acids is 2. The average molecular weight is 500 g/mol. The van der Waals surface area contributed by atoms with Crippen molar-refractivity contribution in [3.63, 3.8) is 0 Å². The summed E-state index contributed by atoms with van der Waals surface area (Å²) in [6.45, 7) is 6.43. The van der Waals surface area contributed by atoms with Gasteiger partial charge in [-0.1, -0.05) is 18.2 Å². The summed E-state index contributed by atoms with van der Waals surface area (Å²) in [5, 5.41) is 0. The molecule has 0 bridgehead atoms. The van der Waals surface area contributed by atoms with Crippen LogP contribution in [0.25, 0.3) is 5.69 Å². The monoisotopic (exact) mass is 499 g/mol. The largest absolute Gasteiger partial charge is 0.450 e. The summed E-state index contributed by atoms with van der Waals surface area (Å²) in [4.78, 5) is 26.1. The molecule has 35 heavy (non-hydrogen) atoms. The lowest BCUT2D eigenvalue weighted by Crippen LogP contribution is -2.40. The molecule has 0 unspecified atom stereocenters. The van der Waals surface area contributed by atoms with E-state index >= 15 is 0 Å². The molecule has 0 spiro atoms. The van der Waals surface area contributed by atoms with Crippen molar-refractivity contribution in [3.05, 3.63) is 71.3 Å². The number of ketones is 1. The number of carbonyl (C=O) groups is 2. The maximum Gasteiger partial charge on any atom is 0.355 e. The van der Waals surface area contributed by atoms with Crippen LogP contribution in [0.15, 0.2) is 53.6 Å². The Morgan fingerprint density at radius 2 is 1.71 bits per heavy atom. The number of hydrogen-bond donors (Lipinski definition) is 0. The number of sulfonamides is 1. The SMILES string of the molecule is Cc1cc(C(=O)[C@H](C)OC(=O)c2cc(S(=O)(=O)N3CCOCC3)cn2C)c(C)n1-c1ccccc1. The van der Waals surface area contributed by atoms with Gasteiger partial charge in [0.2, 0.25) is 15.8 Å². The highest BCUT2D eigenvalue weighted by Crippen LogP contribution is 2.24. The highest BCUT2D eigenvalue weighted by atomic mass is 32.2. The molecular formula is C25H29N3O6S. The number of morpholine rings is 1. The predicted molar refractivity (Wildman–Crippen MR) is 129 cm³/mol. The standard InChI is InChI=1S/C25H29N3O6S/c1-17-14-22(18(2)28(17)20-8-6-5-7-9-20)24(29)19(3)34-25(30)23-15-21(16-26(23)4)35(31,32)27-10-12-33-13-11-27/h5-9,14-16,19H,10-13H2,1-4H3/t19-/m0/s1. The van der Waals surface area contributed by atoms with Crippen LogP contribution in [0, 0.1) is 13.8 Å². The van der Waals surface area contributed by atoms with Crippen molar-refractivity contribution < 1.29 is 27.5 Å². The molecule has 0 amide bonds. The van der Waals surface area contributed by atoms with Crippen LogP contribution in [0.2, 0.25) is 0 Å². The van der Waals surface area contributed by atoms with E-state index in [4.69, 9.17) is 9.47 Å². The smallest absolute Gasteiger partial charge is 0.355 e. The Kier molecular flexibility index (Phi) is 6.98. The van der Waals surface area contributed by atoms with Gasteiger partial charge in [-0.15, -0.1) is 0 Å². The fraction of sp³-hybridized carbons (Fsp3) is 0.360. The molecular weight excluding hydrogens is 470 g/mol. The third-order valence-electron chi connectivity index (χ3n) is 6.16. The molecule has 10 heteroatoms. The summed E-state index contributed by atoms with van der Waals surface area (Å²) in [6.07, 6.45) is 0.322. The van der Waals surface area contributed by atoms with Gasteiger partial charge in [-0.05, 0) is 45.0 Å². The minimum Gasteiger partial charge on any atom is -0.450 e. The summed E-state index contributed by atoms with van der Waals surface area (Å²) in [6, 6.07) is 12.7. The van der Waals surface area contributed by atoms with Crippen LogP contribution >= 0.6 is 0 Å². The molecule has 0 N–H and O–H groups in total. The molecule has 9 nitrogen and oxygen atoms in total. The van der Waals surface area contributed by atoms with Gasteiger partial charge in [-0.25, -0.2) is 13.2 Å². The van der Waals surface area contributed by atoms with E-state index in [2.05, 4.69) is 0 Å². The van der Waals surface area contributed by atoms with E-state index in [1.807, 2.05) is 48.7 Å². The minimum atomic E-state index is -3.76. The number of Topliss-reactive ketones (excluding diaryl/α,β-unsaturated/α-hetero) is 1. The van der Waals surface area contributed by atoms with Crippen molar-refractivity contribution >= 4 is 21.8 Å². The second kappa shape index (κ2) is 9.80. The molecule has 1 aromatic carbocycles. The number of aryl methyl sites for hydroxylation is 2. The van der Waals surface area contributed by atoms with Gasteiger partial charge >= 0.3 is 5.97 Å². The highest BCUT2D eigenvalue weighted by molar-refractivity contribution is 7.89. The van der Waals surface area contributed by atoms with Gasteiger partial charge < -0.3 is 18.6 Å². The molecule has 186 valence electrons. The summed E-state index contributed by atoms with van der Waals surface area (Å²) in [7, 11) is -2.20. The van der Waals surface area contributed by atoms with Crippen molar-refractivity contribution in [1.82, 2.24) is 13.4 Å². The van der Waals surface area contributed by atoms with Gasteiger partial charge in [0.05, 0.1) is 13.2 Å². The van der Waals surface area contributed by atoms with Crippen LogP contribution < -0.4 is 0 Å². The van der Waals surface area contributed by atoms with Gasteiger partial charge in [0.25, 0.3) is 0 Å². The number of para-hydroxylation sites is 1. The van der Waals surface area contributed by atoms with E-state index < -0.39 is 22.1 Å². The van der Waals surface area contributed by atoms with Crippen LogP contribution in [0.1, 0.15) is 39.2 Å². The predicted octanol–water partition coefficient (Wildman–Crippen LogP) is 2.88. The fourth-order valence-corrected chi connectivity index (χ4v) is 5.77. The zero-order chi connectivity index (χ0) is 25.3. The molecule has 2 aromatic heterocycles. The summed E-state index contributed by atoms with van der Waals surface area (Å²) in [5.74, 6) is -1.10. The Labute approximate surface area is 204 Å². The number of rotatable bonds is 7. The number of nitrogens with zero attached hydrogens (tertiary/aromatic N) is 3. The van der Waals surface area contributed by atoms with Crippen molar-refractivity contribution in [2.24, 2.45) is 7.05 Å². The van der Waals surface area contributed by atoms with E-state index in [1.165, 1.54) is 28.1 Å². The Morgan fingerprint density at radius 1 is 1.06 bits per heavy atom. The molecule has 1 saturated heterocycles. The third-order valence-corrected chi connectivity index (χ3v) is 8.02. The van der Waals surface area contributed by atoms with Crippen LogP contribution in [0.4, 0.5) is 0 Å². The van der Waals surface area contributed by atoms with Crippen molar-refractivity contribution in [3.8, 4) is 5.69 Å². The van der Waals surface area contributed by atoms with Gasteiger partial charge in [-0.3, -0.25) is 4.79 Å². The second-order valence-corrected chi connectivity index (χ2v) is 10.5. The average Bonchev–Trinajstić information content (AvgIpc) is 3.39. The lowest BCUT2D eigenvalue weighted by molar-refractivity contribution is 0.0309. The van der Waals surface area contributed by atoms with Gasteiger partial charge in [0.15, 0.2) is 6.10 Å². The zero-order valence-electron chi connectivity index (χ0n) is 20.2. The first kappa shape index (κ1) is 24.9. The first-order valence-corrected chi connectivity index (χ1v) is 12.8. The molecule has 1 fully saturated rings. The van der Waals surface area contributed by atoms with Gasteiger partial charge in [0.1, 0.15) is 10.6 Å². The topological polar surface area (TPSA) is 99.8 Å². The first-order valence-electron chi connectivity index (χ1n) is 11.3. The Morgan fingerprint density at radius 3 is 2.37 bits per heavy atom. The molecule has 1 aliphatic heterocycles. The molecule has 4 rings (SSSR count). The lowest BCUT2D eigenvalue weighted by atomic mass is 10.1. The fourth-order valence-electron chi connectivity index (χ4n) is 4.29.